The molecule has 0 radical (unpaired) electrons. The Morgan fingerprint density at radius 2 is 1.62 bits per heavy atom. The lowest BCUT2D eigenvalue weighted by molar-refractivity contribution is -0.103. The summed E-state index contributed by atoms with van der Waals surface area (Å²) in [5, 5.41) is 1.13. The van der Waals surface area contributed by atoms with Gasteiger partial charge in [-0.05, 0) is 47.5 Å². The summed E-state index contributed by atoms with van der Waals surface area (Å²) in [6.07, 6.45) is 0.701. The van der Waals surface area contributed by atoms with Gasteiger partial charge in [-0.2, -0.15) is 0 Å². The monoisotopic (exact) mass is 340 g/mol. The van der Waals surface area contributed by atoms with Crippen molar-refractivity contribution in [2.24, 2.45) is 0 Å². The third-order valence-corrected chi connectivity index (χ3v) is 4.09. The predicted molar refractivity (Wildman–Crippen MR) is 88.2 cm³/mol. The number of carbonyl (C=O) groups excluding carboxylic acids is 1. The molecule has 2 aromatic rings. The third kappa shape index (κ3) is 3.59. The molecule has 5 heteroatoms. The second-order valence-electron chi connectivity index (χ2n) is 4.20. The Morgan fingerprint density at radius 3 is 2.14 bits per heavy atom. The highest BCUT2D eigenvalue weighted by molar-refractivity contribution is 6.55. The van der Waals surface area contributed by atoms with Crippen molar-refractivity contribution in [3.8, 4) is 5.75 Å². The smallest absolute Gasteiger partial charge is 0.152 e. The molecule has 0 amide bonds. The topological polar surface area (TPSA) is 26.3 Å². The van der Waals surface area contributed by atoms with Gasteiger partial charge in [0, 0.05) is 5.57 Å². The molecule has 0 heterocycles. The molecule has 2 rings (SSSR count). The fraction of sp³-hybridized carbons (Fsp3) is 0.0625. The summed E-state index contributed by atoms with van der Waals surface area (Å²) in [6.45, 7) is 0. The average molecular weight is 342 g/mol. The molecular formula is C16H11Cl3O2. The highest BCUT2D eigenvalue weighted by atomic mass is 35.5. The molecule has 0 aliphatic carbocycles. The Kier molecular flexibility index (Phi) is 5.29. The van der Waals surface area contributed by atoms with E-state index in [1.54, 1.807) is 49.6 Å². The molecule has 0 fully saturated rings. The molecule has 0 saturated heterocycles. The molecule has 0 aliphatic heterocycles. The number of allylic oxidation sites excluding steroid dienone is 1. The molecule has 108 valence electrons. The molecule has 0 unspecified atom stereocenters. The number of ether oxygens (including phenoxy) is 1. The average Bonchev–Trinajstić information content (AvgIpc) is 2.51. The Morgan fingerprint density at radius 1 is 1.00 bits per heavy atom. The lowest BCUT2D eigenvalue weighted by atomic mass is 10.0. The van der Waals surface area contributed by atoms with Crippen LogP contribution in [0.1, 0.15) is 11.1 Å². The minimum atomic E-state index is 0.339. The Balaban J connectivity index is 2.49. The van der Waals surface area contributed by atoms with Crippen LogP contribution < -0.4 is 4.74 Å². The van der Waals surface area contributed by atoms with Crippen LogP contribution in [0.25, 0.3) is 10.6 Å². The first kappa shape index (κ1) is 15.9. The first-order chi connectivity index (χ1) is 10.1. The number of halogens is 3. The molecule has 0 saturated carbocycles. The number of carbonyl (C=O) groups is 1. The summed E-state index contributed by atoms with van der Waals surface area (Å²) in [5.74, 6) is 0.713. The number of rotatable bonds is 4. The maximum absolute atomic E-state index is 11.4. The van der Waals surface area contributed by atoms with Crippen LogP contribution in [-0.2, 0) is 4.79 Å². The number of methoxy groups -OCH3 is 1. The van der Waals surface area contributed by atoms with E-state index >= 15 is 0 Å². The van der Waals surface area contributed by atoms with Crippen molar-refractivity contribution in [2.75, 3.05) is 7.11 Å². The zero-order valence-electron chi connectivity index (χ0n) is 11.1. The quantitative estimate of drug-likeness (QED) is 0.428. The van der Waals surface area contributed by atoms with Gasteiger partial charge < -0.3 is 4.74 Å². The summed E-state index contributed by atoms with van der Waals surface area (Å²) in [7, 11) is 1.58. The van der Waals surface area contributed by atoms with Gasteiger partial charge in [-0.25, -0.2) is 0 Å². The van der Waals surface area contributed by atoms with Gasteiger partial charge in [0.1, 0.15) is 5.75 Å². The summed E-state index contributed by atoms with van der Waals surface area (Å²) in [5.41, 5.74) is 1.67. The number of hydrogen-bond donors (Lipinski definition) is 0. The molecule has 0 aromatic heterocycles. The summed E-state index contributed by atoms with van der Waals surface area (Å²) >= 11 is 18.2. The van der Waals surface area contributed by atoms with Crippen LogP contribution in [0.4, 0.5) is 0 Å². The molecule has 2 aromatic carbocycles. The lowest BCUT2D eigenvalue weighted by Gasteiger charge is -2.08. The van der Waals surface area contributed by atoms with Gasteiger partial charge >= 0.3 is 0 Å². The van der Waals surface area contributed by atoms with E-state index in [0.29, 0.717) is 43.8 Å². The fourth-order valence-corrected chi connectivity index (χ4v) is 2.38. The Labute approximate surface area is 137 Å². The van der Waals surface area contributed by atoms with Crippen LogP contribution in [0.3, 0.4) is 0 Å². The van der Waals surface area contributed by atoms with Crippen LogP contribution in [0.2, 0.25) is 10.0 Å². The minimum Gasteiger partial charge on any atom is -0.497 e. The largest absolute Gasteiger partial charge is 0.497 e. The molecule has 2 nitrogen and oxygen atoms in total. The zero-order valence-corrected chi connectivity index (χ0v) is 13.3. The predicted octanol–water partition coefficient (Wildman–Crippen LogP) is 5.31. The second-order valence-corrected chi connectivity index (χ2v) is 5.40. The van der Waals surface area contributed by atoms with Crippen LogP contribution in [0, 0.1) is 0 Å². The molecule has 0 N–H and O–H groups in total. The lowest BCUT2D eigenvalue weighted by Crippen LogP contribution is -1.91. The maximum Gasteiger partial charge on any atom is 0.152 e. The summed E-state index contributed by atoms with van der Waals surface area (Å²) in [6, 6.07) is 12.0. The van der Waals surface area contributed by atoms with E-state index in [1.165, 1.54) is 0 Å². The summed E-state index contributed by atoms with van der Waals surface area (Å²) < 4.78 is 5.09. The van der Waals surface area contributed by atoms with Crippen molar-refractivity contribution >= 4 is 51.7 Å². The maximum atomic E-state index is 11.4. The number of benzene rings is 2. The zero-order chi connectivity index (χ0) is 15.4. The molecule has 0 bridgehead atoms. The van der Waals surface area contributed by atoms with E-state index in [4.69, 9.17) is 39.5 Å². The van der Waals surface area contributed by atoms with Gasteiger partial charge in [-0.3, -0.25) is 4.79 Å². The van der Waals surface area contributed by atoms with E-state index in [1.807, 2.05) is 0 Å². The van der Waals surface area contributed by atoms with Gasteiger partial charge in [0.05, 0.1) is 22.2 Å². The van der Waals surface area contributed by atoms with Gasteiger partial charge in [-0.15, -0.1) is 0 Å². The minimum absolute atomic E-state index is 0.339. The summed E-state index contributed by atoms with van der Waals surface area (Å²) in [4.78, 5) is 11.4. The molecule has 0 aliphatic rings. The van der Waals surface area contributed by atoms with Crippen LogP contribution >= 0.6 is 34.8 Å². The van der Waals surface area contributed by atoms with E-state index in [2.05, 4.69) is 0 Å². The van der Waals surface area contributed by atoms with Crippen molar-refractivity contribution in [1.29, 1.82) is 0 Å². The van der Waals surface area contributed by atoms with Crippen molar-refractivity contribution in [1.82, 2.24) is 0 Å². The first-order valence-electron chi connectivity index (χ1n) is 6.01. The Hall–Kier alpha value is -1.48. The van der Waals surface area contributed by atoms with Gasteiger partial charge in [-0.1, -0.05) is 40.9 Å². The highest BCUT2D eigenvalue weighted by Gasteiger charge is 2.11. The normalized spacial score (nSPS) is 11.8. The molecular weight excluding hydrogens is 331 g/mol. The van der Waals surface area contributed by atoms with Crippen molar-refractivity contribution < 1.29 is 9.53 Å². The van der Waals surface area contributed by atoms with Gasteiger partial charge in [0.25, 0.3) is 0 Å². The van der Waals surface area contributed by atoms with Gasteiger partial charge in [0.2, 0.25) is 0 Å². The SMILES string of the molecule is COc1ccc(/C(Cl)=C(/C=O)c2ccc(Cl)c(Cl)c2)cc1. The number of hydrogen-bond acceptors (Lipinski definition) is 2. The molecule has 21 heavy (non-hydrogen) atoms. The second kappa shape index (κ2) is 6.99. The van der Waals surface area contributed by atoms with Crippen LogP contribution in [0.15, 0.2) is 42.5 Å². The van der Waals surface area contributed by atoms with Crippen molar-refractivity contribution in [2.45, 2.75) is 0 Å². The Bertz CT molecular complexity index is 691. The third-order valence-electron chi connectivity index (χ3n) is 2.93. The molecule has 0 spiro atoms. The van der Waals surface area contributed by atoms with Gasteiger partial charge in [0.15, 0.2) is 6.29 Å². The van der Waals surface area contributed by atoms with Crippen LogP contribution in [0.5, 0.6) is 5.75 Å². The standard InChI is InChI=1S/C16H11Cl3O2/c1-21-12-5-2-10(3-6-12)16(19)13(9-20)11-4-7-14(17)15(18)8-11/h2-9H,1H3/b16-13+. The first-order valence-corrected chi connectivity index (χ1v) is 7.15. The van der Waals surface area contributed by atoms with E-state index in [9.17, 15) is 4.79 Å². The van der Waals surface area contributed by atoms with Crippen molar-refractivity contribution in [3.05, 3.63) is 63.6 Å². The van der Waals surface area contributed by atoms with E-state index < -0.39 is 0 Å². The van der Waals surface area contributed by atoms with Crippen molar-refractivity contribution in [3.63, 3.8) is 0 Å². The fourth-order valence-electron chi connectivity index (χ4n) is 1.80. The van der Waals surface area contributed by atoms with E-state index in [0.717, 1.165) is 0 Å². The molecule has 0 atom stereocenters. The van der Waals surface area contributed by atoms with E-state index in [-0.39, 0.29) is 0 Å². The van der Waals surface area contributed by atoms with Crippen LogP contribution in [-0.4, -0.2) is 13.4 Å². The number of aldehydes is 1. The highest BCUT2D eigenvalue weighted by Crippen LogP contribution is 2.32.